The molecule has 0 fully saturated rings. The standard InChI is InChI=1S/C19H15NO3/c1-11-2-3-12-6-16-14-8-18-17(22-10-23-18)7-13(14)4-5-20(16)9-15(12)19(11)21/h2-3,6-9H,4-5,10H2,1H3/p+1. The van der Waals surface area contributed by atoms with Crippen LogP contribution in [0.1, 0.15) is 11.1 Å². The Morgan fingerprint density at radius 2 is 1.91 bits per heavy atom. The van der Waals surface area contributed by atoms with E-state index >= 15 is 0 Å². The van der Waals surface area contributed by atoms with Crippen molar-refractivity contribution in [2.45, 2.75) is 19.9 Å². The molecule has 0 radical (unpaired) electrons. The number of phenolic OH excluding ortho intramolecular Hbond substituents is 1. The highest BCUT2D eigenvalue weighted by molar-refractivity contribution is 5.90. The van der Waals surface area contributed by atoms with Crippen molar-refractivity contribution in [1.29, 1.82) is 0 Å². The Morgan fingerprint density at radius 1 is 1.09 bits per heavy atom. The Hall–Kier alpha value is -2.75. The number of benzene rings is 2. The van der Waals surface area contributed by atoms with Crippen molar-refractivity contribution in [3.63, 3.8) is 0 Å². The van der Waals surface area contributed by atoms with Crippen LogP contribution in [0.4, 0.5) is 0 Å². The Morgan fingerprint density at radius 3 is 2.78 bits per heavy atom. The van der Waals surface area contributed by atoms with E-state index in [4.69, 9.17) is 9.47 Å². The molecule has 0 saturated heterocycles. The van der Waals surface area contributed by atoms with Crippen LogP contribution in [0.3, 0.4) is 0 Å². The van der Waals surface area contributed by atoms with Crippen LogP contribution in [0.2, 0.25) is 0 Å². The van der Waals surface area contributed by atoms with Gasteiger partial charge in [0.2, 0.25) is 12.5 Å². The van der Waals surface area contributed by atoms with Crippen molar-refractivity contribution in [2.24, 2.45) is 0 Å². The number of ether oxygens (including phenoxy) is 2. The van der Waals surface area contributed by atoms with Crippen molar-refractivity contribution >= 4 is 10.8 Å². The second-order valence-corrected chi connectivity index (χ2v) is 6.20. The van der Waals surface area contributed by atoms with E-state index in [-0.39, 0.29) is 0 Å². The molecule has 0 aliphatic carbocycles. The minimum absolute atomic E-state index is 0.295. The Bertz CT molecular complexity index is 978. The molecule has 0 bridgehead atoms. The van der Waals surface area contributed by atoms with Gasteiger partial charge in [-0.15, -0.1) is 0 Å². The zero-order valence-corrected chi connectivity index (χ0v) is 12.8. The van der Waals surface area contributed by atoms with E-state index in [0.29, 0.717) is 12.5 Å². The first-order valence-electron chi connectivity index (χ1n) is 7.79. The fourth-order valence-corrected chi connectivity index (χ4v) is 3.54. The number of hydrogen-bond acceptors (Lipinski definition) is 3. The number of phenols is 1. The summed E-state index contributed by atoms with van der Waals surface area (Å²) in [5.74, 6) is 2.02. The van der Waals surface area contributed by atoms with Crippen LogP contribution in [0.5, 0.6) is 17.2 Å². The molecule has 2 aliphatic rings. The molecule has 4 heteroatoms. The summed E-state index contributed by atoms with van der Waals surface area (Å²) in [4.78, 5) is 0. The molecule has 0 atom stereocenters. The van der Waals surface area contributed by atoms with E-state index in [9.17, 15) is 5.11 Å². The van der Waals surface area contributed by atoms with Gasteiger partial charge >= 0.3 is 0 Å². The third-order valence-electron chi connectivity index (χ3n) is 4.84. The topological polar surface area (TPSA) is 42.6 Å². The lowest BCUT2D eigenvalue weighted by Gasteiger charge is -2.16. The molecule has 0 unspecified atom stereocenters. The van der Waals surface area contributed by atoms with Crippen molar-refractivity contribution in [2.75, 3.05) is 6.79 Å². The third kappa shape index (κ3) is 1.75. The van der Waals surface area contributed by atoms with Gasteiger partial charge in [0.05, 0.1) is 10.9 Å². The molecule has 2 aromatic carbocycles. The fraction of sp³-hybridized carbons (Fsp3) is 0.211. The molecule has 1 N–H and O–H groups in total. The number of aryl methyl sites for hydroxylation is 3. The molecule has 0 spiro atoms. The first-order chi connectivity index (χ1) is 11.2. The lowest BCUT2D eigenvalue weighted by Crippen LogP contribution is -2.40. The van der Waals surface area contributed by atoms with Crippen LogP contribution >= 0.6 is 0 Å². The van der Waals surface area contributed by atoms with E-state index in [1.165, 1.54) is 11.1 Å². The fourth-order valence-electron chi connectivity index (χ4n) is 3.54. The maximum absolute atomic E-state index is 10.3. The van der Waals surface area contributed by atoms with Crippen LogP contribution in [0.25, 0.3) is 22.0 Å². The lowest BCUT2D eigenvalue weighted by atomic mass is 9.95. The average molecular weight is 306 g/mol. The zero-order valence-electron chi connectivity index (χ0n) is 12.8. The van der Waals surface area contributed by atoms with Crippen molar-refractivity contribution in [1.82, 2.24) is 0 Å². The van der Waals surface area contributed by atoms with Gasteiger partial charge in [0.1, 0.15) is 5.75 Å². The number of aromatic nitrogens is 1. The maximum Gasteiger partial charge on any atom is 0.231 e. The highest BCUT2D eigenvalue weighted by atomic mass is 16.7. The maximum atomic E-state index is 10.3. The summed E-state index contributed by atoms with van der Waals surface area (Å²) in [6.45, 7) is 3.11. The van der Waals surface area contributed by atoms with Crippen LogP contribution < -0.4 is 14.0 Å². The molecule has 5 rings (SSSR count). The van der Waals surface area contributed by atoms with Gasteiger partial charge in [0.15, 0.2) is 24.2 Å². The summed E-state index contributed by atoms with van der Waals surface area (Å²) in [5.41, 5.74) is 4.52. The third-order valence-corrected chi connectivity index (χ3v) is 4.84. The molecule has 1 aromatic heterocycles. The van der Waals surface area contributed by atoms with Crippen LogP contribution in [0, 0.1) is 6.92 Å². The molecule has 114 valence electrons. The van der Waals surface area contributed by atoms with Crippen molar-refractivity contribution in [3.8, 4) is 28.5 Å². The summed E-state index contributed by atoms with van der Waals surface area (Å²) in [5, 5.41) is 12.3. The van der Waals surface area contributed by atoms with Crippen LogP contribution in [-0.2, 0) is 13.0 Å². The van der Waals surface area contributed by atoms with Crippen molar-refractivity contribution < 1.29 is 19.1 Å². The summed E-state index contributed by atoms with van der Waals surface area (Å²) in [7, 11) is 0. The van der Waals surface area contributed by atoms with Gasteiger partial charge in [0, 0.05) is 12.5 Å². The first kappa shape index (κ1) is 12.8. The molecular formula is C19H16NO3+. The number of pyridine rings is 1. The number of hydrogen-bond donors (Lipinski definition) is 1. The van der Waals surface area contributed by atoms with E-state index < -0.39 is 0 Å². The molecule has 4 nitrogen and oxygen atoms in total. The monoisotopic (exact) mass is 306 g/mol. The molecule has 23 heavy (non-hydrogen) atoms. The number of fused-ring (bicyclic) bond motifs is 5. The molecule has 2 aliphatic heterocycles. The number of aromatic hydroxyl groups is 1. The largest absolute Gasteiger partial charge is 0.507 e. The summed E-state index contributed by atoms with van der Waals surface area (Å²) >= 11 is 0. The predicted octanol–water partition coefficient (Wildman–Crippen LogP) is 3.09. The SMILES string of the molecule is Cc1ccc2cc3[n+](cc2c1O)CCc1cc2c(cc1-3)OCO2. The van der Waals surface area contributed by atoms with E-state index in [1.807, 2.05) is 13.0 Å². The minimum atomic E-state index is 0.295. The summed E-state index contributed by atoms with van der Waals surface area (Å²) in [6.07, 6.45) is 3.00. The van der Waals surface area contributed by atoms with Gasteiger partial charge in [-0.05, 0) is 35.6 Å². The molecular weight excluding hydrogens is 290 g/mol. The van der Waals surface area contributed by atoms with E-state index in [0.717, 1.165) is 46.5 Å². The highest BCUT2D eigenvalue weighted by Crippen LogP contribution is 2.40. The van der Waals surface area contributed by atoms with E-state index in [1.54, 1.807) is 0 Å². The highest BCUT2D eigenvalue weighted by Gasteiger charge is 2.28. The predicted molar refractivity (Wildman–Crippen MR) is 85.8 cm³/mol. The Balaban J connectivity index is 1.79. The van der Waals surface area contributed by atoms with Crippen molar-refractivity contribution in [3.05, 3.63) is 47.7 Å². The van der Waals surface area contributed by atoms with Crippen LogP contribution in [-0.4, -0.2) is 11.9 Å². The second kappa shape index (κ2) is 4.38. The average Bonchev–Trinajstić information content (AvgIpc) is 3.02. The molecule has 0 saturated carbocycles. The Kier molecular flexibility index (Phi) is 2.43. The second-order valence-electron chi connectivity index (χ2n) is 6.20. The molecule has 0 amide bonds. The first-order valence-corrected chi connectivity index (χ1v) is 7.79. The molecule has 3 heterocycles. The van der Waals surface area contributed by atoms with Gasteiger partial charge in [0.25, 0.3) is 0 Å². The summed E-state index contributed by atoms with van der Waals surface area (Å²) in [6, 6.07) is 10.3. The quantitative estimate of drug-likeness (QED) is 0.649. The molecule has 3 aromatic rings. The van der Waals surface area contributed by atoms with Gasteiger partial charge < -0.3 is 14.6 Å². The van der Waals surface area contributed by atoms with Gasteiger partial charge in [-0.1, -0.05) is 12.1 Å². The van der Waals surface area contributed by atoms with Gasteiger partial charge in [-0.2, -0.15) is 4.57 Å². The minimum Gasteiger partial charge on any atom is -0.507 e. The smallest absolute Gasteiger partial charge is 0.231 e. The number of nitrogens with zero attached hydrogens (tertiary/aromatic N) is 1. The normalized spacial score (nSPS) is 14.7. The van der Waals surface area contributed by atoms with Gasteiger partial charge in [-0.25, -0.2) is 0 Å². The summed E-state index contributed by atoms with van der Waals surface area (Å²) < 4.78 is 13.2. The Labute approximate surface area is 133 Å². The zero-order chi connectivity index (χ0) is 15.6. The van der Waals surface area contributed by atoms with Crippen LogP contribution in [0.15, 0.2) is 36.5 Å². The van der Waals surface area contributed by atoms with Gasteiger partial charge in [-0.3, -0.25) is 0 Å². The van der Waals surface area contributed by atoms with E-state index in [2.05, 4.69) is 35.0 Å². The lowest BCUT2D eigenvalue weighted by molar-refractivity contribution is -0.686. The number of rotatable bonds is 0.